The molecule has 1 fully saturated rings. The maximum Gasteiger partial charge on any atom is 0.254 e. The minimum atomic E-state index is -0.267. The number of halogens is 1. The van der Waals surface area contributed by atoms with E-state index in [-0.39, 0.29) is 17.8 Å². The van der Waals surface area contributed by atoms with Gasteiger partial charge in [0.1, 0.15) is 5.82 Å². The SMILES string of the molecule is COc1ccc(C(=O)N2CCO[C@H](Cc3cccc(F)c3)C2)cc1OC. The van der Waals surface area contributed by atoms with E-state index in [9.17, 15) is 9.18 Å². The molecule has 1 aliphatic rings. The number of hydrogen-bond donors (Lipinski definition) is 0. The molecule has 0 spiro atoms. The second-order valence-electron chi connectivity index (χ2n) is 6.15. The molecule has 5 nitrogen and oxygen atoms in total. The lowest BCUT2D eigenvalue weighted by molar-refractivity contribution is -0.0208. The molecule has 1 saturated heterocycles. The van der Waals surface area contributed by atoms with Crippen LogP contribution in [0.15, 0.2) is 42.5 Å². The predicted octanol–water partition coefficient (Wildman–Crippen LogP) is 2.93. The van der Waals surface area contributed by atoms with Gasteiger partial charge in [-0.15, -0.1) is 0 Å². The van der Waals surface area contributed by atoms with E-state index in [1.54, 1.807) is 36.3 Å². The Labute approximate surface area is 152 Å². The summed E-state index contributed by atoms with van der Waals surface area (Å²) in [7, 11) is 3.09. The maximum absolute atomic E-state index is 13.4. The van der Waals surface area contributed by atoms with Crippen molar-refractivity contribution in [1.29, 1.82) is 0 Å². The summed E-state index contributed by atoms with van der Waals surface area (Å²) in [5, 5.41) is 0. The van der Waals surface area contributed by atoms with E-state index in [0.717, 1.165) is 5.56 Å². The van der Waals surface area contributed by atoms with Gasteiger partial charge in [-0.05, 0) is 35.9 Å². The molecule has 0 bridgehead atoms. The number of amides is 1. The number of morpholine rings is 1. The summed E-state index contributed by atoms with van der Waals surface area (Å²) in [5.41, 5.74) is 1.39. The van der Waals surface area contributed by atoms with Crippen LogP contribution in [0.4, 0.5) is 4.39 Å². The lowest BCUT2D eigenvalue weighted by Crippen LogP contribution is -2.46. The highest BCUT2D eigenvalue weighted by Gasteiger charge is 2.26. The van der Waals surface area contributed by atoms with E-state index in [1.807, 2.05) is 6.07 Å². The topological polar surface area (TPSA) is 48.0 Å². The van der Waals surface area contributed by atoms with Crippen LogP contribution >= 0.6 is 0 Å². The minimum absolute atomic E-state index is 0.0847. The number of nitrogens with zero attached hydrogens (tertiary/aromatic N) is 1. The molecule has 138 valence electrons. The highest BCUT2D eigenvalue weighted by atomic mass is 19.1. The fourth-order valence-electron chi connectivity index (χ4n) is 3.11. The largest absolute Gasteiger partial charge is 0.493 e. The van der Waals surface area contributed by atoms with Crippen LogP contribution in [-0.2, 0) is 11.2 Å². The molecule has 1 atom stereocenters. The van der Waals surface area contributed by atoms with Crippen molar-refractivity contribution in [2.24, 2.45) is 0 Å². The quantitative estimate of drug-likeness (QED) is 0.824. The van der Waals surface area contributed by atoms with E-state index >= 15 is 0 Å². The average molecular weight is 359 g/mol. The van der Waals surface area contributed by atoms with Gasteiger partial charge in [0.15, 0.2) is 11.5 Å². The summed E-state index contributed by atoms with van der Waals surface area (Å²) >= 11 is 0. The molecular weight excluding hydrogens is 337 g/mol. The molecular formula is C20H22FNO4. The molecule has 1 aliphatic heterocycles. The van der Waals surface area contributed by atoms with Crippen molar-refractivity contribution in [3.63, 3.8) is 0 Å². The van der Waals surface area contributed by atoms with Crippen LogP contribution in [0.3, 0.4) is 0 Å². The molecule has 0 aromatic heterocycles. The number of benzene rings is 2. The minimum Gasteiger partial charge on any atom is -0.493 e. The van der Waals surface area contributed by atoms with Crippen molar-refractivity contribution in [2.45, 2.75) is 12.5 Å². The average Bonchev–Trinajstić information content (AvgIpc) is 2.67. The smallest absolute Gasteiger partial charge is 0.254 e. The molecule has 1 heterocycles. The fraction of sp³-hybridized carbons (Fsp3) is 0.350. The Bertz CT molecular complexity index is 780. The summed E-state index contributed by atoms with van der Waals surface area (Å²) < 4.78 is 29.6. The van der Waals surface area contributed by atoms with E-state index < -0.39 is 0 Å². The molecule has 2 aromatic rings. The molecule has 0 unspecified atom stereocenters. The summed E-state index contributed by atoms with van der Waals surface area (Å²) in [6, 6.07) is 11.6. The number of hydrogen-bond acceptors (Lipinski definition) is 4. The third-order valence-corrected chi connectivity index (χ3v) is 4.41. The summed E-state index contributed by atoms with van der Waals surface area (Å²) in [6.45, 7) is 1.44. The zero-order chi connectivity index (χ0) is 18.5. The van der Waals surface area contributed by atoms with Crippen LogP contribution in [0.2, 0.25) is 0 Å². The number of carbonyl (C=O) groups excluding carboxylic acids is 1. The molecule has 26 heavy (non-hydrogen) atoms. The fourth-order valence-corrected chi connectivity index (χ4v) is 3.11. The lowest BCUT2D eigenvalue weighted by atomic mass is 10.1. The van der Waals surface area contributed by atoms with E-state index in [1.165, 1.54) is 19.2 Å². The Balaban J connectivity index is 1.70. The van der Waals surface area contributed by atoms with Crippen LogP contribution in [0.1, 0.15) is 15.9 Å². The van der Waals surface area contributed by atoms with Gasteiger partial charge in [-0.1, -0.05) is 12.1 Å². The Morgan fingerprint density at radius 2 is 2.00 bits per heavy atom. The Hall–Kier alpha value is -2.60. The number of methoxy groups -OCH3 is 2. The summed E-state index contributed by atoms with van der Waals surface area (Å²) in [4.78, 5) is 14.6. The second-order valence-corrected chi connectivity index (χ2v) is 6.15. The third-order valence-electron chi connectivity index (χ3n) is 4.41. The number of ether oxygens (including phenoxy) is 3. The zero-order valence-corrected chi connectivity index (χ0v) is 14.9. The first-order chi connectivity index (χ1) is 12.6. The zero-order valence-electron chi connectivity index (χ0n) is 14.9. The standard InChI is InChI=1S/C20H22FNO4/c1-24-18-7-6-15(12-19(18)25-2)20(23)22-8-9-26-17(13-22)11-14-4-3-5-16(21)10-14/h3-7,10,12,17H,8-9,11,13H2,1-2H3/t17-/m1/s1. The molecule has 1 amide bonds. The van der Waals surface area contributed by atoms with Crippen LogP contribution < -0.4 is 9.47 Å². The van der Waals surface area contributed by atoms with Crippen molar-refractivity contribution in [3.05, 3.63) is 59.4 Å². The van der Waals surface area contributed by atoms with Crippen LogP contribution in [0.5, 0.6) is 11.5 Å². The highest BCUT2D eigenvalue weighted by molar-refractivity contribution is 5.95. The predicted molar refractivity (Wildman–Crippen MR) is 95.3 cm³/mol. The van der Waals surface area contributed by atoms with Gasteiger partial charge >= 0.3 is 0 Å². The Morgan fingerprint density at radius 3 is 2.73 bits per heavy atom. The first-order valence-corrected chi connectivity index (χ1v) is 8.48. The normalized spacial score (nSPS) is 17.0. The lowest BCUT2D eigenvalue weighted by Gasteiger charge is -2.33. The first kappa shape index (κ1) is 18.2. The molecule has 6 heteroatoms. The van der Waals surface area contributed by atoms with Gasteiger partial charge in [-0.25, -0.2) is 4.39 Å². The second kappa shape index (κ2) is 8.19. The van der Waals surface area contributed by atoms with Crippen molar-refractivity contribution < 1.29 is 23.4 Å². The third kappa shape index (κ3) is 4.14. The molecule has 0 N–H and O–H groups in total. The van der Waals surface area contributed by atoms with Crippen LogP contribution in [-0.4, -0.2) is 50.8 Å². The van der Waals surface area contributed by atoms with Gasteiger partial charge in [0.2, 0.25) is 0 Å². The van der Waals surface area contributed by atoms with Gasteiger partial charge in [-0.3, -0.25) is 4.79 Å². The Kier molecular flexibility index (Phi) is 5.73. The molecule has 0 aliphatic carbocycles. The first-order valence-electron chi connectivity index (χ1n) is 8.48. The van der Waals surface area contributed by atoms with Gasteiger partial charge in [0, 0.05) is 25.1 Å². The van der Waals surface area contributed by atoms with Crippen LogP contribution in [0.25, 0.3) is 0 Å². The number of rotatable bonds is 5. The monoisotopic (exact) mass is 359 g/mol. The van der Waals surface area contributed by atoms with Gasteiger partial charge in [0.25, 0.3) is 5.91 Å². The van der Waals surface area contributed by atoms with Gasteiger partial charge < -0.3 is 19.1 Å². The molecule has 0 radical (unpaired) electrons. The van der Waals surface area contributed by atoms with Gasteiger partial charge in [0.05, 0.1) is 26.9 Å². The van der Waals surface area contributed by atoms with E-state index in [0.29, 0.717) is 43.2 Å². The van der Waals surface area contributed by atoms with Gasteiger partial charge in [-0.2, -0.15) is 0 Å². The van der Waals surface area contributed by atoms with Crippen LogP contribution in [0, 0.1) is 5.82 Å². The molecule has 2 aromatic carbocycles. The Morgan fingerprint density at radius 1 is 1.19 bits per heavy atom. The van der Waals surface area contributed by atoms with Crippen molar-refractivity contribution in [3.8, 4) is 11.5 Å². The van der Waals surface area contributed by atoms with E-state index in [4.69, 9.17) is 14.2 Å². The highest BCUT2D eigenvalue weighted by Crippen LogP contribution is 2.28. The summed E-state index contributed by atoms with van der Waals surface area (Å²) in [5.74, 6) is 0.744. The maximum atomic E-state index is 13.4. The van der Waals surface area contributed by atoms with Crippen molar-refractivity contribution in [2.75, 3.05) is 33.9 Å². The van der Waals surface area contributed by atoms with E-state index in [2.05, 4.69) is 0 Å². The van der Waals surface area contributed by atoms with Crippen molar-refractivity contribution >= 4 is 5.91 Å². The number of carbonyl (C=O) groups is 1. The molecule has 3 rings (SSSR count). The summed E-state index contributed by atoms with van der Waals surface area (Å²) in [6.07, 6.45) is 0.405. The van der Waals surface area contributed by atoms with Crippen molar-refractivity contribution in [1.82, 2.24) is 4.90 Å². The molecule has 0 saturated carbocycles.